The van der Waals surface area contributed by atoms with Crippen LogP contribution in [0.2, 0.25) is 0 Å². The first kappa shape index (κ1) is 21.7. The van der Waals surface area contributed by atoms with Crippen LogP contribution in [-0.2, 0) is 24.5 Å². The van der Waals surface area contributed by atoms with E-state index < -0.39 is 23.3 Å². The summed E-state index contributed by atoms with van der Waals surface area (Å²) < 4.78 is 17.3. The number of anilines is 1. The highest BCUT2D eigenvalue weighted by molar-refractivity contribution is 9.11. The molecule has 1 amide bonds. The number of amides is 1. The fourth-order valence-electron chi connectivity index (χ4n) is 4.34. The quantitative estimate of drug-likeness (QED) is 0.599. The maximum Gasteiger partial charge on any atom is 0.251 e. The Labute approximate surface area is 189 Å². The van der Waals surface area contributed by atoms with Gasteiger partial charge in [0.25, 0.3) is 5.91 Å². The Morgan fingerprint density at radius 1 is 1.13 bits per heavy atom. The van der Waals surface area contributed by atoms with E-state index in [-0.39, 0.29) is 18.3 Å². The number of hydrogen-bond donors (Lipinski definition) is 0. The van der Waals surface area contributed by atoms with Gasteiger partial charge in [0, 0.05) is 10.2 Å². The van der Waals surface area contributed by atoms with Crippen molar-refractivity contribution < 1.29 is 23.8 Å². The van der Waals surface area contributed by atoms with Crippen LogP contribution in [-0.4, -0.2) is 43.3 Å². The highest BCUT2D eigenvalue weighted by Gasteiger charge is 2.64. The smallest absolute Gasteiger partial charge is 0.251 e. The Morgan fingerprint density at radius 2 is 1.77 bits per heavy atom. The van der Waals surface area contributed by atoms with E-state index in [1.807, 2.05) is 6.07 Å². The number of carbonyl (C=O) groups is 2. The van der Waals surface area contributed by atoms with Gasteiger partial charge in [-0.3, -0.25) is 14.5 Å². The van der Waals surface area contributed by atoms with E-state index in [0.29, 0.717) is 21.5 Å². The summed E-state index contributed by atoms with van der Waals surface area (Å²) in [4.78, 5) is 29.6. The molecule has 0 aromatic heterocycles. The monoisotopic (exact) mass is 485 g/mol. The number of nitrogens with zero attached hydrogens (tertiary/aromatic N) is 1. The molecule has 2 fully saturated rings. The SMILES string of the molecule is C=C(Br)[C@@]1(c2ccccc2)C(=O)[C@H]([C@H]2COC(C)(C)O2)N(c2ccc(OC)cc2)C1=O. The molecule has 0 spiro atoms. The molecule has 2 heterocycles. The third kappa shape index (κ3) is 3.41. The van der Waals surface area contributed by atoms with Gasteiger partial charge in [0.15, 0.2) is 17.0 Å². The number of Topliss-reactive ketones (excluding diaryl/α,β-unsaturated/α-hetero) is 1. The van der Waals surface area contributed by atoms with Crippen LogP contribution in [0.3, 0.4) is 0 Å². The summed E-state index contributed by atoms with van der Waals surface area (Å²) in [6.07, 6.45) is -0.619. The Hall–Kier alpha value is -2.48. The molecule has 31 heavy (non-hydrogen) atoms. The normalized spacial score (nSPS) is 27.5. The molecule has 3 atom stereocenters. The fourth-order valence-corrected chi connectivity index (χ4v) is 4.93. The minimum absolute atomic E-state index is 0.197. The van der Waals surface area contributed by atoms with Crippen LogP contribution >= 0.6 is 15.9 Å². The number of carbonyl (C=O) groups excluding carboxylic acids is 2. The molecule has 7 heteroatoms. The first-order chi connectivity index (χ1) is 14.7. The van der Waals surface area contributed by atoms with E-state index in [2.05, 4.69) is 22.5 Å². The zero-order valence-corrected chi connectivity index (χ0v) is 19.2. The van der Waals surface area contributed by atoms with Gasteiger partial charge in [-0.25, -0.2) is 0 Å². The lowest BCUT2D eigenvalue weighted by Gasteiger charge is -2.28. The lowest BCUT2D eigenvalue weighted by atomic mass is 9.76. The largest absolute Gasteiger partial charge is 0.497 e. The zero-order valence-electron chi connectivity index (χ0n) is 17.6. The predicted octanol–water partition coefficient (Wildman–Crippen LogP) is 3.98. The van der Waals surface area contributed by atoms with Gasteiger partial charge in [-0.15, -0.1) is 0 Å². The molecule has 2 saturated heterocycles. The van der Waals surface area contributed by atoms with Gasteiger partial charge >= 0.3 is 0 Å². The fraction of sp³-hybridized carbons (Fsp3) is 0.333. The summed E-state index contributed by atoms with van der Waals surface area (Å²) in [5.41, 5.74) is -0.433. The van der Waals surface area contributed by atoms with Gasteiger partial charge in [-0.1, -0.05) is 52.8 Å². The molecule has 0 aliphatic carbocycles. The number of rotatable bonds is 5. The molecular weight excluding hydrogens is 462 g/mol. The van der Waals surface area contributed by atoms with Crippen LogP contribution in [0.25, 0.3) is 0 Å². The number of ketones is 1. The van der Waals surface area contributed by atoms with Crippen molar-refractivity contribution in [3.63, 3.8) is 0 Å². The second-order valence-corrected chi connectivity index (χ2v) is 9.03. The van der Waals surface area contributed by atoms with Gasteiger partial charge < -0.3 is 14.2 Å². The molecule has 0 saturated carbocycles. The van der Waals surface area contributed by atoms with Crippen molar-refractivity contribution in [1.82, 2.24) is 0 Å². The molecule has 0 bridgehead atoms. The standard InChI is InChI=1S/C24H24BrNO5/c1-15(25)24(16-8-6-5-7-9-16)21(27)20(19-14-30-23(2,3)31-19)26(22(24)28)17-10-12-18(29-4)13-11-17/h5-13,19-20H,1,14H2,2-4H3/t19-,20+,24-/m1/s1. The Morgan fingerprint density at radius 3 is 2.29 bits per heavy atom. The maximum atomic E-state index is 14.1. The average Bonchev–Trinajstić information content (AvgIpc) is 3.22. The van der Waals surface area contributed by atoms with E-state index in [4.69, 9.17) is 14.2 Å². The topological polar surface area (TPSA) is 65.1 Å². The third-order valence-corrected chi connectivity index (χ3v) is 6.40. The zero-order chi connectivity index (χ0) is 22.4. The summed E-state index contributed by atoms with van der Waals surface area (Å²) in [6, 6.07) is 15.1. The van der Waals surface area contributed by atoms with Crippen LogP contribution in [0, 0.1) is 0 Å². The van der Waals surface area contributed by atoms with Gasteiger partial charge in [0.2, 0.25) is 0 Å². The second kappa shape index (κ2) is 7.89. The molecule has 2 aliphatic rings. The van der Waals surface area contributed by atoms with E-state index >= 15 is 0 Å². The van der Waals surface area contributed by atoms with Gasteiger partial charge in [0.1, 0.15) is 17.9 Å². The summed E-state index contributed by atoms with van der Waals surface area (Å²) in [5, 5.41) is 0. The number of halogens is 1. The minimum atomic E-state index is -1.57. The molecular formula is C24H24BrNO5. The van der Waals surface area contributed by atoms with Crippen molar-refractivity contribution in [1.29, 1.82) is 0 Å². The van der Waals surface area contributed by atoms with Gasteiger partial charge in [-0.05, 0) is 43.7 Å². The first-order valence-corrected chi connectivity index (χ1v) is 10.8. The Balaban J connectivity index is 1.89. The number of methoxy groups -OCH3 is 1. The molecule has 6 nitrogen and oxygen atoms in total. The van der Waals surface area contributed by atoms with E-state index in [0.717, 1.165) is 0 Å². The highest BCUT2D eigenvalue weighted by atomic mass is 79.9. The van der Waals surface area contributed by atoms with Crippen LogP contribution in [0.4, 0.5) is 5.69 Å². The highest BCUT2D eigenvalue weighted by Crippen LogP contribution is 2.47. The van der Waals surface area contributed by atoms with Crippen LogP contribution in [0.5, 0.6) is 5.75 Å². The van der Waals surface area contributed by atoms with Crippen LogP contribution in [0.1, 0.15) is 19.4 Å². The molecule has 0 unspecified atom stereocenters. The maximum absolute atomic E-state index is 14.1. The Kier molecular flexibility index (Phi) is 5.54. The van der Waals surface area contributed by atoms with Crippen molar-refractivity contribution in [3.05, 3.63) is 71.2 Å². The number of hydrogen-bond acceptors (Lipinski definition) is 5. The first-order valence-electron chi connectivity index (χ1n) is 9.96. The van der Waals surface area contributed by atoms with Crippen molar-refractivity contribution in [3.8, 4) is 5.75 Å². The van der Waals surface area contributed by atoms with Crippen LogP contribution in [0.15, 0.2) is 65.7 Å². The predicted molar refractivity (Wildman–Crippen MR) is 120 cm³/mol. The lowest BCUT2D eigenvalue weighted by molar-refractivity contribution is -0.144. The van der Waals surface area contributed by atoms with E-state index in [1.165, 1.54) is 4.90 Å². The second-order valence-electron chi connectivity index (χ2n) is 8.07. The summed E-state index contributed by atoms with van der Waals surface area (Å²) in [7, 11) is 1.57. The Bertz CT molecular complexity index is 1020. The molecule has 2 aromatic carbocycles. The van der Waals surface area contributed by atoms with Crippen molar-refractivity contribution >= 4 is 33.3 Å². The van der Waals surface area contributed by atoms with Crippen molar-refractivity contribution in [2.45, 2.75) is 37.2 Å². The number of benzene rings is 2. The summed E-state index contributed by atoms with van der Waals surface area (Å²) in [6.45, 7) is 7.77. The van der Waals surface area contributed by atoms with E-state index in [9.17, 15) is 9.59 Å². The van der Waals surface area contributed by atoms with Crippen molar-refractivity contribution in [2.24, 2.45) is 0 Å². The molecule has 0 N–H and O–H groups in total. The average molecular weight is 486 g/mol. The molecule has 0 radical (unpaired) electrons. The third-order valence-electron chi connectivity index (χ3n) is 5.80. The van der Waals surface area contributed by atoms with E-state index in [1.54, 1.807) is 69.5 Å². The lowest BCUT2D eigenvalue weighted by Crippen LogP contribution is -2.46. The molecule has 2 aromatic rings. The molecule has 162 valence electrons. The van der Waals surface area contributed by atoms with Crippen molar-refractivity contribution in [2.75, 3.05) is 18.6 Å². The molecule has 4 rings (SSSR count). The van der Waals surface area contributed by atoms with Gasteiger partial charge in [-0.2, -0.15) is 0 Å². The molecule has 2 aliphatic heterocycles. The number of ether oxygens (including phenoxy) is 3. The summed E-state index contributed by atoms with van der Waals surface area (Å²) >= 11 is 3.40. The summed E-state index contributed by atoms with van der Waals surface area (Å²) in [5.74, 6) is -0.871. The minimum Gasteiger partial charge on any atom is -0.497 e. The van der Waals surface area contributed by atoms with Crippen LogP contribution < -0.4 is 9.64 Å². The van der Waals surface area contributed by atoms with Gasteiger partial charge in [0.05, 0.1) is 13.7 Å².